The lowest BCUT2D eigenvalue weighted by Crippen LogP contribution is -2.43. The highest BCUT2D eigenvalue weighted by molar-refractivity contribution is 5.18. The van der Waals surface area contributed by atoms with Gasteiger partial charge in [-0.25, -0.2) is 4.98 Å². The molecule has 2 unspecified atom stereocenters. The van der Waals surface area contributed by atoms with Crippen LogP contribution in [0, 0.1) is 0 Å². The number of ether oxygens (including phenoxy) is 1. The van der Waals surface area contributed by atoms with E-state index in [2.05, 4.69) is 27.9 Å². The van der Waals surface area contributed by atoms with E-state index in [1.807, 2.05) is 12.3 Å². The van der Waals surface area contributed by atoms with Crippen molar-refractivity contribution in [1.29, 1.82) is 0 Å². The van der Waals surface area contributed by atoms with Crippen molar-refractivity contribution in [3.05, 3.63) is 23.9 Å². The van der Waals surface area contributed by atoms with Gasteiger partial charge in [0, 0.05) is 44.0 Å². The number of nitrogens with zero attached hydrogens (tertiary/aromatic N) is 3. The van der Waals surface area contributed by atoms with Crippen LogP contribution in [0.1, 0.15) is 12.0 Å². The maximum absolute atomic E-state index is 5.07. The predicted molar refractivity (Wildman–Crippen MR) is 66.0 cm³/mol. The summed E-state index contributed by atoms with van der Waals surface area (Å²) >= 11 is 0. The van der Waals surface area contributed by atoms with Crippen LogP contribution in [0.25, 0.3) is 0 Å². The molecule has 4 nitrogen and oxygen atoms in total. The summed E-state index contributed by atoms with van der Waals surface area (Å²) in [6.45, 7) is 3.44. The van der Waals surface area contributed by atoms with Crippen LogP contribution in [0.15, 0.2) is 18.3 Å². The third kappa shape index (κ3) is 2.03. The quantitative estimate of drug-likeness (QED) is 0.778. The van der Waals surface area contributed by atoms with Gasteiger partial charge >= 0.3 is 0 Å². The molecule has 2 bridgehead atoms. The molecule has 2 fully saturated rings. The molecular formula is C13H19N3O. The van der Waals surface area contributed by atoms with E-state index in [0.717, 1.165) is 18.6 Å². The monoisotopic (exact) mass is 233 g/mol. The van der Waals surface area contributed by atoms with E-state index in [0.29, 0.717) is 5.88 Å². The minimum atomic E-state index is 0.691. The summed E-state index contributed by atoms with van der Waals surface area (Å²) in [7, 11) is 3.88. The number of rotatable bonds is 3. The second-order valence-electron chi connectivity index (χ2n) is 5.12. The van der Waals surface area contributed by atoms with Gasteiger partial charge in [-0.1, -0.05) is 6.07 Å². The number of methoxy groups -OCH3 is 1. The molecule has 0 aliphatic carbocycles. The molecular weight excluding hydrogens is 214 g/mol. The minimum absolute atomic E-state index is 0.691. The molecule has 1 aromatic heterocycles. The van der Waals surface area contributed by atoms with E-state index in [9.17, 15) is 0 Å². The number of pyridine rings is 1. The van der Waals surface area contributed by atoms with E-state index in [4.69, 9.17) is 4.74 Å². The average molecular weight is 233 g/mol. The fourth-order valence-corrected chi connectivity index (χ4v) is 3.00. The number of likely N-dealkylation sites (N-methyl/N-ethyl adjacent to an activating group) is 1. The molecule has 1 aromatic rings. The summed E-state index contributed by atoms with van der Waals surface area (Å²) in [5.41, 5.74) is 1.28. The van der Waals surface area contributed by atoms with E-state index < -0.39 is 0 Å². The van der Waals surface area contributed by atoms with E-state index in [-0.39, 0.29) is 0 Å². The second-order valence-corrected chi connectivity index (χ2v) is 5.12. The third-order valence-corrected chi connectivity index (χ3v) is 4.02. The van der Waals surface area contributed by atoms with Crippen molar-refractivity contribution in [3.63, 3.8) is 0 Å². The highest BCUT2D eigenvalue weighted by Gasteiger charge is 2.40. The van der Waals surface area contributed by atoms with Crippen LogP contribution in [0.5, 0.6) is 5.88 Å². The Hall–Kier alpha value is -1.13. The summed E-state index contributed by atoms with van der Waals surface area (Å²) < 4.78 is 5.07. The van der Waals surface area contributed by atoms with Gasteiger partial charge in [-0.05, 0) is 19.0 Å². The molecule has 3 rings (SSSR count). The molecule has 17 heavy (non-hydrogen) atoms. The number of fused-ring (bicyclic) bond motifs is 2. The van der Waals surface area contributed by atoms with Crippen molar-refractivity contribution in [1.82, 2.24) is 14.8 Å². The summed E-state index contributed by atoms with van der Waals surface area (Å²) in [5, 5.41) is 0. The van der Waals surface area contributed by atoms with Gasteiger partial charge in [-0.3, -0.25) is 4.90 Å². The molecule has 3 heterocycles. The van der Waals surface area contributed by atoms with Crippen molar-refractivity contribution in [2.75, 3.05) is 27.2 Å². The average Bonchev–Trinajstić information content (AvgIpc) is 2.89. The van der Waals surface area contributed by atoms with Crippen LogP contribution in [-0.2, 0) is 6.54 Å². The Labute approximate surface area is 102 Å². The standard InChI is InChI=1S/C13H19N3O/c1-15-8-12-5-11(15)9-16(12)7-10-3-4-13(17-2)14-6-10/h3-4,6,11-12H,5,7-9H2,1-2H3. The van der Waals surface area contributed by atoms with Crippen LogP contribution >= 0.6 is 0 Å². The first-order valence-electron chi connectivity index (χ1n) is 6.19. The lowest BCUT2D eigenvalue weighted by molar-refractivity contribution is 0.143. The first-order valence-corrected chi connectivity index (χ1v) is 6.19. The first kappa shape index (κ1) is 11.0. The predicted octanol–water partition coefficient (Wildman–Crippen LogP) is 0.978. The Morgan fingerprint density at radius 1 is 1.35 bits per heavy atom. The van der Waals surface area contributed by atoms with Crippen molar-refractivity contribution in [3.8, 4) is 5.88 Å². The number of hydrogen-bond donors (Lipinski definition) is 0. The van der Waals surface area contributed by atoms with Crippen LogP contribution in [0.3, 0.4) is 0 Å². The summed E-state index contributed by atoms with van der Waals surface area (Å²) in [6, 6.07) is 5.57. The number of aromatic nitrogens is 1. The van der Waals surface area contributed by atoms with E-state index in [1.54, 1.807) is 7.11 Å². The minimum Gasteiger partial charge on any atom is -0.481 e. The largest absolute Gasteiger partial charge is 0.481 e. The van der Waals surface area contributed by atoms with Gasteiger partial charge < -0.3 is 9.64 Å². The van der Waals surface area contributed by atoms with E-state index in [1.165, 1.54) is 25.1 Å². The number of hydrogen-bond acceptors (Lipinski definition) is 4. The zero-order valence-electron chi connectivity index (χ0n) is 10.5. The Balaban J connectivity index is 1.64. The Bertz CT molecular complexity index is 390. The molecule has 0 N–H and O–H groups in total. The molecule has 0 spiro atoms. The van der Waals surface area contributed by atoms with Crippen molar-refractivity contribution in [2.24, 2.45) is 0 Å². The lowest BCUT2D eigenvalue weighted by Gasteiger charge is -2.31. The second kappa shape index (κ2) is 4.27. The highest BCUT2D eigenvalue weighted by atomic mass is 16.5. The maximum atomic E-state index is 5.07. The van der Waals surface area contributed by atoms with Crippen LogP contribution in [0.2, 0.25) is 0 Å². The van der Waals surface area contributed by atoms with Crippen LogP contribution in [0.4, 0.5) is 0 Å². The van der Waals surface area contributed by atoms with Gasteiger partial charge in [-0.15, -0.1) is 0 Å². The third-order valence-electron chi connectivity index (χ3n) is 4.02. The number of likely N-dealkylation sites (tertiary alicyclic amines) is 2. The van der Waals surface area contributed by atoms with Crippen LogP contribution < -0.4 is 4.74 Å². The maximum Gasteiger partial charge on any atom is 0.212 e. The molecule has 2 saturated heterocycles. The van der Waals surface area contributed by atoms with Crippen molar-refractivity contribution in [2.45, 2.75) is 25.0 Å². The lowest BCUT2D eigenvalue weighted by atomic mass is 10.2. The zero-order chi connectivity index (χ0) is 11.8. The SMILES string of the molecule is COc1ccc(CN2CC3CC2CN3C)cn1. The van der Waals surface area contributed by atoms with Gasteiger partial charge in [0.05, 0.1) is 7.11 Å². The van der Waals surface area contributed by atoms with Gasteiger partial charge in [0.25, 0.3) is 0 Å². The van der Waals surface area contributed by atoms with Crippen molar-refractivity contribution >= 4 is 0 Å². The Morgan fingerprint density at radius 2 is 2.24 bits per heavy atom. The van der Waals surface area contributed by atoms with Gasteiger partial charge in [0.1, 0.15) is 0 Å². The van der Waals surface area contributed by atoms with Gasteiger partial charge in [0.2, 0.25) is 5.88 Å². The van der Waals surface area contributed by atoms with Crippen molar-refractivity contribution < 1.29 is 4.74 Å². The normalized spacial score (nSPS) is 28.8. The molecule has 2 aliphatic rings. The van der Waals surface area contributed by atoms with Crippen LogP contribution in [-0.4, -0.2) is 54.1 Å². The molecule has 0 saturated carbocycles. The fourth-order valence-electron chi connectivity index (χ4n) is 3.00. The Morgan fingerprint density at radius 3 is 2.76 bits per heavy atom. The van der Waals surface area contributed by atoms with Gasteiger partial charge in [-0.2, -0.15) is 0 Å². The first-order chi connectivity index (χ1) is 8.26. The number of piperazine rings is 1. The topological polar surface area (TPSA) is 28.6 Å². The summed E-state index contributed by atoms with van der Waals surface area (Å²) in [4.78, 5) is 9.31. The summed E-state index contributed by atoms with van der Waals surface area (Å²) in [5.74, 6) is 0.691. The molecule has 0 aromatic carbocycles. The molecule has 0 radical (unpaired) electrons. The summed E-state index contributed by atoms with van der Waals surface area (Å²) in [6.07, 6.45) is 3.26. The molecule has 4 heteroatoms. The zero-order valence-corrected chi connectivity index (χ0v) is 10.5. The molecule has 2 aliphatic heterocycles. The highest BCUT2D eigenvalue weighted by Crippen LogP contribution is 2.30. The molecule has 2 atom stereocenters. The Kier molecular flexibility index (Phi) is 2.76. The molecule has 0 amide bonds. The molecule has 92 valence electrons. The van der Waals surface area contributed by atoms with E-state index >= 15 is 0 Å². The fraction of sp³-hybridized carbons (Fsp3) is 0.615. The smallest absolute Gasteiger partial charge is 0.212 e. The van der Waals surface area contributed by atoms with Gasteiger partial charge in [0.15, 0.2) is 0 Å².